The number of hydrogen-bond donors (Lipinski definition) is 2. The molecule has 3 aromatic rings. The molecule has 44 heavy (non-hydrogen) atoms. The van der Waals surface area contributed by atoms with Crippen LogP contribution in [0.3, 0.4) is 0 Å². The first-order valence-corrected chi connectivity index (χ1v) is 17.2. The van der Waals surface area contributed by atoms with Gasteiger partial charge in [-0.25, -0.2) is 14.8 Å². The van der Waals surface area contributed by atoms with E-state index in [2.05, 4.69) is 47.9 Å². The number of aromatic nitrogens is 2. The normalized spacial score (nSPS) is 20.3. The SMILES string of the molecule is CCCC1CCC(C2CCN(c3cnc(-c4ccc(C[C@H](NC(=O)c5ccc(C(C)(C)C)s5)C(=O)O)cc4)nc3)CC2)CC1. The lowest BCUT2D eigenvalue weighted by atomic mass is 9.72. The van der Waals surface area contributed by atoms with Crippen molar-refractivity contribution in [3.05, 3.63) is 64.1 Å². The minimum absolute atomic E-state index is 0.0645. The molecule has 1 aliphatic carbocycles. The number of aliphatic carboxylic acids is 1. The molecule has 236 valence electrons. The second-order valence-electron chi connectivity index (χ2n) is 13.8. The van der Waals surface area contributed by atoms with E-state index in [1.54, 1.807) is 6.07 Å². The Bertz CT molecular complexity index is 1380. The minimum Gasteiger partial charge on any atom is -0.480 e. The van der Waals surface area contributed by atoms with E-state index in [1.165, 1.54) is 62.7 Å². The van der Waals surface area contributed by atoms with Gasteiger partial charge in [0.15, 0.2) is 5.82 Å². The Hall–Kier alpha value is -3.26. The van der Waals surface area contributed by atoms with Crippen molar-refractivity contribution in [2.75, 3.05) is 18.0 Å². The molecular weight excluding hydrogens is 568 g/mol. The van der Waals surface area contributed by atoms with Crippen LogP contribution in [-0.2, 0) is 16.6 Å². The Morgan fingerprint density at radius 2 is 1.59 bits per heavy atom. The van der Waals surface area contributed by atoms with Crippen molar-refractivity contribution in [1.82, 2.24) is 15.3 Å². The molecule has 0 bridgehead atoms. The van der Waals surface area contributed by atoms with Gasteiger partial charge in [-0.3, -0.25) is 4.79 Å². The molecule has 1 saturated heterocycles. The molecule has 1 aliphatic heterocycles. The molecule has 2 aliphatic rings. The van der Waals surface area contributed by atoms with E-state index in [-0.39, 0.29) is 17.7 Å². The number of anilines is 1. The standard InChI is InChI=1S/C36H48N4O3S/c1-5-6-24-7-11-26(12-8-24)27-17-19-40(20-18-27)29-22-37-33(38-23-29)28-13-9-25(10-14-28)21-30(35(42)43)39-34(41)31-15-16-32(44-31)36(2,3)4/h9-10,13-16,22-24,26-27,30H,5-8,11-12,17-21H2,1-4H3,(H,39,41)(H,42,43)/t24?,26?,30-/m0/s1. The van der Waals surface area contributed by atoms with Gasteiger partial charge in [-0.2, -0.15) is 0 Å². The Morgan fingerprint density at radius 3 is 2.16 bits per heavy atom. The smallest absolute Gasteiger partial charge is 0.326 e. The highest BCUT2D eigenvalue weighted by molar-refractivity contribution is 7.14. The molecule has 0 unspecified atom stereocenters. The number of rotatable bonds is 10. The van der Waals surface area contributed by atoms with Crippen molar-refractivity contribution >= 4 is 28.9 Å². The number of nitrogens with zero attached hydrogens (tertiary/aromatic N) is 3. The summed E-state index contributed by atoms with van der Waals surface area (Å²) in [4.78, 5) is 38.1. The number of carbonyl (C=O) groups is 2. The third-order valence-corrected chi connectivity index (χ3v) is 11.1. The first kappa shape index (κ1) is 32.1. The Morgan fingerprint density at radius 1 is 0.955 bits per heavy atom. The van der Waals surface area contributed by atoms with E-state index in [0.29, 0.717) is 10.7 Å². The Labute approximate surface area is 266 Å². The van der Waals surface area contributed by atoms with E-state index < -0.39 is 12.0 Å². The quantitative estimate of drug-likeness (QED) is 0.242. The highest BCUT2D eigenvalue weighted by Crippen LogP contribution is 2.39. The van der Waals surface area contributed by atoms with Gasteiger partial charge in [0.1, 0.15) is 6.04 Å². The highest BCUT2D eigenvalue weighted by Gasteiger charge is 2.30. The molecule has 1 atom stereocenters. The number of benzene rings is 1. The zero-order valence-electron chi connectivity index (χ0n) is 26.7. The number of carbonyl (C=O) groups excluding carboxylic acids is 1. The van der Waals surface area contributed by atoms with Crippen LogP contribution in [0, 0.1) is 17.8 Å². The lowest BCUT2D eigenvalue weighted by Crippen LogP contribution is -2.42. The first-order chi connectivity index (χ1) is 21.1. The van der Waals surface area contributed by atoms with E-state index in [9.17, 15) is 14.7 Å². The third kappa shape index (κ3) is 8.06. The molecule has 1 saturated carbocycles. The summed E-state index contributed by atoms with van der Waals surface area (Å²) in [6.07, 6.45) is 15.0. The maximum Gasteiger partial charge on any atom is 0.326 e. The molecule has 2 N–H and O–H groups in total. The second-order valence-corrected chi connectivity index (χ2v) is 14.9. The molecule has 0 radical (unpaired) electrons. The summed E-state index contributed by atoms with van der Waals surface area (Å²) >= 11 is 1.40. The average Bonchev–Trinajstić information content (AvgIpc) is 3.54. The van der Waals surface area contributed by atoms with Gasteiger partial charge in [0.25, 0.3) is 5.91 Å². The lowest BCUT2D eigenvalue weighted by molar-refractivity contribution is -0.139. The monoisotopic (exact) mass is 616 g/mol. The molecular formula is C36H48N4O3S. The van der Waals surface area contributed by atoms with Crippen LogP contribution in [0.25, 0.3) is 11.4 Å². The van der Waals surface area contributed by atoms with Crippen LogP contribution in [0.1, 0.15) is 99.2 Å². The molecule has 3 heterocycles. The van der Waals surface area contributed by atoms with Gasteiger partial charge in [-0.15, -0.1) is 11.3 Å². The summed E-state index contributed by atoms with van der Waals surface area (Å²) in [7, 11) is 0. The van der Waals surface area contributed by atoms with Crippen molar-refractivity contribution in [3.8, 4) is 11.4 Å². The number of thiophene rings is 1. The third-order valence-electron chi connectivity index (χ3n) is 9.62. The fraction of sp³-hybridized carbons (Fsp3) is 0.556. The van der Waals surface area contributed by atoms with Crippen molar-refractivity contribution in [1.29, 1.82) is 0 Å². The molecule has 1 aromatic carbocycles. The molecule has 7 nitrogen and oxygen atoms in total. The molecule has 8 heteroatoms. The largest absolute Gasteiger partial charge is 0.480 e. The van der Waals surface area contributed by atoms with Gasteiger partial charge in [0.05, 0.1) is 23.0 Å². The zero-order valence-corrected chi connectivity index (χ0v) is 27.5. The number of carboxylic acids is 1. The number of piperidine rings is 1. The number of hydrogen-bond acceptors (Lipinski definition) is 6. The second kappa shape index (κ2) is 14.2. The Balaban J connectivity index is 1.13. The van der Waals surface area contributed by atoms with E-state index >= 15 is 0 Å². The molecule has 5 rings (SSSR count). The number of nitrogens with one attached hydrogen (secondary N) is 1. The van der Waals surface area contributed by atoms with Gasteiger partial charge < -0.3 is 15.3 Å². The van der Waals surface area contributed by atoms with Gasteiger partial charge >= 0.3 is 5.97 Å². The lowest BCUT2D eigenvalue weighted by Gasteiger charge is -2.39. The fourth-order valence-electron chi connectivity index (χ4n) is 6.94. The van der Waals surface area contributed by atoms with Gasteiger partial charge in [-0.1, -0.05) is 77.6 Å². The van der Waals surface area contributed by atoms with E-state index in [0.717, 1.165) is 52.5 Å². The van der Waals surface area contributed by atoms with Crippen LogP contribution in [-0.4, -0.2) is 46.1 Å². The van der Waals surface area contributed by atoms with Crippen molar-refractivity contribution < 1.29 is 14.7 Å². The van der Waals surface area contributed by atoms with Crippen LogP contribution in [0.2, 0.25) is 0 Å². The highest BCUT2D eigenvalue weighted by atomic mass is 32.1. The van der Waals surface area contributed by atoms with E-state index in [4.69, 9.17) is 0 Å². The summed E-state index contributed by atoms with van der Waals surface area (Å²) in [6, 6.07) is 10.3. The molecule has 0 spiro atoms. The van der Waals surface area contributed by atoms with Crippen LogP contribution in [0.5, 0.6) is 0 Å². The van der Waals surface area contributed by atoms with Crippen molar-refractivity contribution in [3.63, 3.8) is 0 Å². The summed E-state index contributed by atoms with van der Waals surface area (Å²) in [5, 5.41) is 12.5. The molecule has 2 aromatic heterocycles. The maximum absolute atomic E-state index is 12.8. The predicted molar refractivity (Wildman–Crippen MR) is 178 cm³/mol. The van der Waals surface area contributed by atoms with Crippen molar-refractivity contribution in [2.24, 2.45) is 17.8 Å². The number of amides is 1. The van der Waals surface area contributed by atoms with Crippen LogP contribution < -0.4 is 10.2 Å². The van der Waals surface area contributed by atoms with Gasteiger partial charge in [0.2, 0.25) is 0 Å². The maximum atomic E-state index is 12.8. The predicted octanol–water partition coefficient (Wildman–Crippen LogP) is 7.75. The zero-order chi connectivity index (χ0) is 31.3. The average molecular weight is 617 g/mol. The first-order valence-electron chi connectivity index (χ1n) is 16.4. The van der Waals surface area contributed by atoms with Crippen LogP contribution in [0.15, 0.2) is 48.8 Å². The molecule has 1 amide bonds. The van der Waals surface area contributed by atoms with Gasteiger partial charge in [0, 0.05) is 30.0 Å². The summed E-state index contributed by atoms with van der Waals surface area (Å²) in [5.74, 6) is 1.97. The number of carboxylic acid groups (broad SMARTS) is 1. The summed E-state index contributed by atoms with van der Waals surface area (Å²) in [5.41, 5.74) is 2.71. The molecule has 2 fully saturated rings. The van der Waals surface area contributed by atoms with Crippen LogP contribution in [0.4, 0.5) is 5.69 Å². The fourth-order valence-corrected chi connectivity index (χ4v) is 7.90. The Kier molecular flexibility index (Phi) is 10.4. The van der Waals surface area contributed by atoms with E-state index in [1.807, 2.05) is 42.7 Å². The van der Waals surface area contributed by atoms with Gasteiger partial charge in [-0.05, 0) is 66.5 Å². The topological polar surface area (TPSA) is 95.4 Å². The summed E-state index contributed by atoms with van der Waals surface area (Å²) < 4.78 is 0. The minimum atomic E-state index is -1.06. The van der Waals surface area contributed by atoms with Crippen molar-refractivity contribution in [2.45, 2.75) is 96.9 Å². The van der Waals surface area contributed by atoms with Crippen LogP contribution >= 0.6 is 11.3 Å². The summed E-state index contributed by atoms with van der Waals surface area (Å²) in [6.45, 7) is 10.7.